The number of halogens is 1. The summed E-state index contributed by atoms with van der Waals surface area (Å²) in [7, 11) is 0. The number of carbonyl (C=O) groups is 1. The minimum absolute atomic E-state index is 0.208. The largest absolute Gasteiger partial charge is 0.349 e. The molecular weight excluding hydrogens is 367 g/mol. The molecule has 1 fully saturated rings. The zero-order chi connectivity index (χ0) is 20.2. The first-order valence-electron chi connectivity index (χ1n) is 10.0. The SMILES string of the molecule is Cc1cccc(-n2nc(-c3ccccc3F)cc2C(=O)NCCN2CCCC2)c1. The highest BCUT2D eigenvalue weighted by atomic mass is 19.1. The van der Waals surface area contributed by atoms with Gasteiger partial charge in [0, 0.05) is 18.7 Å². The maximum Gasteiger partial charge on any atom is 0.270 e. The number of benzene rings is 2. The Labute approximate surface area is 170 Å². The van der Waals surface area contributed by atoms with Crippen LogP contribution in [-0.2, 0) is 0 Å². The number of nitrogens with zero attached hydrogens (tertiary/aromatic N) is 3. The number of rotatable bonds is 6. The van der Waals surface area contributed by atoms with Crippen molar-refractivity contribution in [3.63, 3.8) is 0 Å². The Balaban J connectivity index is 1.63. The standard InChI is InChI=1S/C23H25FN4O/c1-17-7-6-8-18(15-17)28-22(23(29)25-11-14-27-12-4-5-13-27)16-21(26-28)19-9-2-3-10-20(19)24/h2-3,6-10,15-16H,4-5,11-14H2,1H3,(H,25,29). The van der Waals surface area contributed by atoms with Gasteiger partial charge in [0.1, 0.15) is 11.5 Å². The summed E-state index contributed by atoms with van der Waals surface area (Å²) in [6.07, 6.45) is 2.44. The first-order chi connectivity index (χ1) is 14.1. The first-order valence-corrected chi connectivity index (χ1v) is 10.0. The van der Waals surface area contributed by atoms with E-state index in [4.69, 9.17) is 0 Å². The number of nitrogens with one attached hydrogen (secondary N) is 1. The number of aryl methyl sites for hydroxylation is 1. The van der Waals surface area contributed by atoms with E-state index in [0.717, 1.165) is 30.9 Å². The van der Waals surface area contributed by atoms with Crippen LogP contribution in [0.4, 0.5) is 4.39 Å². The van der Waals surface area contributed by atoms with Gasteiger partial charge in [0.15, 0.2) is 0 Å². The second-order valence-corrected chi connectivity index (χ2v) is 7.45. The summed E-state index contributed by atoms with van der Waals surface area (Å²) < 4.78 is 15.9. The normalized spacial score (nSPS) is 14.3. The summed E-state index contributed by atoms with van der Waals surface area (Å²) in [4.78, 5) is 15.3. The zero-order valence-electron chi connectivity index (χ0n) is 16.6. The molecule has 2 heterocycles. The number of hydrogen-bond donors (Lipinski definition) is 1. The molecule has 29 heavy (non-hydrogen) atoms. The van der Waals surface area contributed by atoms with E-state index in [2.05, 4.69) is 15.3 Å². The van der Waals surface area contributed by atoms with E-state index >= 15 is 0 Å². The predicted molar refractivity (Wildman–Crippen MR) is 112 cm³/mol. The van der Waals surface area contributed by atoms with E-state index in [-0.39, 0.29) is 11.7 Å². The summed E-state index contributed by atoms with van der Waals surface area (Å²) in [6, 6.07) is 15.9. The molecule has 0 bridgehead atoms. The summed E-state index contributed by atoms with van der Waals surface area (Å²) in [6.45, 7) is 5.58. The van der Waals surface area contributed by atoms with Crippen LogP contribution in [0.25, 0.3) is 16.9 Å². The van der Waals surface area contributed by atoms with Crippen LogP contribution in [0.1, 0.15) is 28.9 Å². The molecule has 1 N–H and O–H groups in total. The summed E-state index contributed by atoms with van der Waals surface area (Å²) in [5.41, 5.74) is 3.05. The van der Waals surface area contributed by atoms with Gasteiger partial charge >= 0.3 is 0 Å². The molecule has 0 saturated carbocycles. The number of carbonyl (C=O) groups excluding carboxylic acids is 1. The lowest BCUT2D eigenvalue weighted by atomic mass is 10.1. The van der Waals surface area contributed by atoms with Crippen molar-refractivity contribution in [1.29, 1.82) is 0 Å². The lowest BCUT2D eigenvalue weighted by molar-refractivity contribution is 0.0942. The van der Waals surface area contributed by atoms with Crippen molar-refractivity contribution >= 4 is 5.91 Å². The Hall–Kier alpha value is -2.99. The predicted octanol–water partition coefficient (Wildman–Crippen LogP) is 3.81. The third kappa shape index (κ3) is 4.38. The van der Waals surface area contributed by atoms with Crippen LogP contribution in [-0.4, -0.2) is 46.8 Å². The van der Waals surface area contributed by atoms with Crippen LogP contribution in [0.2, 0.25) is 0 Å². The lowest BCUT2D eigenvalue weighted by Gasteiger charge is -2.15. The number of aromatic nitrogens is 2. The molecule has 1 aromatic heterocycles. The molecule has 0 atom stereocenters. The van der Waals surface area contributed by atoms with Crippen LogP contribution in [0, 0.1) is 12.7 Å². The summed E-state index contributed by atoms with van der Waals surface area (Å²) >= 11 is 0. The second kappa shape index (κ2) is 8.57. The number of amides is 1. The molecule has 2 aromatic carbocycles. The van der Waals surface area contributed by atoms with E-state index in [9.17, 15) is 9.18 Å². The monoisotopic (exact) mass is 392 g/mol. The molecular formula is C23H25FN4O. The fourth-order valence-corrected chi connectivity index (χ4v) is 3.72. The Morgan fingerprint density at radius 2 is 1.90 bits per heavy atom. The van der Waals surface area contributed by atoms with E-state index < -0.39 is 0 Å². The summed E-state index contributed by atoms with van der Waals surface area (Å²) in [5.74, 6) is -0.567. The average Bonchev–Trinajstić information content (AvgIpc) is 3.38. The molecule has 6 heteroatoms. The second-order valence-electron chi connectivity index (χ2n) is 7.45. The Morgan fingerprint density at radius 3 is 2.66 bits per heavy atom. The van der Waals surface area contributed by atoms with E-state index in [1.807, 2.05) is 31.2 Å². The molecule has 5 nitrogen and oxygen atoms in total. The molecule has 1 aliphatic heterocycles. The van der Waals surface area contributed by atoms with Crippen molar-refractivity contribution in [2.24, 2.45) is 0 Å². The smallest absolute Gasteiger partial charge is 0.270 e. The van der Waals surface area contributed by atoms with E-state index in [1.54, 1.807) is 28.9 Å². The molecule has 0 spiro atoms. The van der Waals surface area contributed by atoms with Gasteiger partial charge in [-0.2, -0.15) is 5.10 Å². The fraction of sp³-hybridized carbons (Fsp3) is 0.304. The molecule has 0 unspecified atom stereocenters. The zero-order valence-corrected chi connectivity index (χ0v) is 16.6. The molecule has 0 radical (unpaired) electrons. The van der Waals surface area contributed by atoms with E-state index in [0.29, 0.717) is 23.5 Å². The van der Waals surface area contributed by atoms with Gasteiger partial charge in [-0.1, -0.05) is 24.3 Å². The molecule has 1 amide bonds. The molecule has 0 aliphatic carbocycles. The Morgan fingerprint density at radius 1 is 1.10 bits per heavy atom. The molecule has 150 valence electrons. The minimum Gasteiger partial charge on any atom is -0.349 e. The minimum atomic E-state index is -0.359. The third-order valence-corrected chi connectivity index (χ3v) is 5.25. The Bertz CT molecular complexity index is 1010. The molecule has 4 rings (SSSR count). The van der Waals surface area contributed by atoms with Gasteiger partial charge in [-0.25, -0.2) is 9.07 Å². The third-order valence-electron chi connectivity index (χ3n) is 5.25. The van der Waals surface area contributed by atoms with Crippen LogP contribution >= 0.6 is 0 Å². The first kappa shape index (κ1) is 19.3. The highest BCUT2D eigenvalue weighted by Gasteiger charge is 2.19. The van der Waals surface area contributed by atoms with Crippen molar-refractivity contribution < 1.29 is 9.18 Å². The average molecular weight is 392 g/mol. The van der Waals surface area contributed by atoms with Crippen LogP contribution in [0.5, 0.6) is 0 Å². The van der Waals surface area contributed by atoms with Crippen molar-refractivity contribution in [2.45, 2.75) is 19.8 Å². The van der Waals surface area contributed by atoms with Gasteiger partial charge in [0.2, 0.25) is 0 Å². The van der Waals surface area contributed by atoms with Gasteiger partial charge in [-0.05, 0) is 68.8 Å². The number of likely N-dealkylation sites (tertiary alicyclic amines) is 1. The van der Waals surface area contributed by atoms with Gasteiger partial charge in [-0.3, -0.25) is 4.79 Å². The maximum atomic E-state index is 14.3. The highest BCUT2D eigenvalue weighted by molar-refractivity contribution is 5.94. The van der Waals surface area contributed by atoms with Crippen molar-refractivity contribution in [3.05, 3.63) is 71.7 Å². The molecule has 3 aromatic rings. The Kier molecular flexibility index (Phi) is 5.71. The maximum absolute atomic E-state index is 14.3. The van der Waals surface area contributed by atoms with Gasteiger partial charge < -0.3 is 10.2 Å². The highest BCUT2D eigenvalue weighted by Crippen LogP contribution is 2.24. The fourth-order valence-electron chi connectivity index (χ4n) is 3.72. The van der Waals surface area contributed by atoms with Gasteiger partial charge in [-0.15, -0.1) is 0 Å². The van der Waals surface area contributed by atoms with Crippen molar-refractivity contribution in [3.8, 4) is 16.9 Å². The van der Waals surface area contributed by atoms with Gasteiger partial charge in [0.05, 0.1) is 11.4 Å². The topological polar surface area (TPSA) is 50.2 Å². The van der Waals surface area contributed by atoms with Crippen LogP contribution < -0.4 is 5.32 Å². The molecule has 1 saturated heterocycles. The van der Waals surface area contributed by atoms with Crippen molar-refractivity contribution in [1.82, 2.24) is 20.0 Å². The number of hydrogen-bond acceptors (Lipinski definition) is 3. The summed E-state index contributed by atoms with van der Waals surface area (Å²) in [5, 5.41) is 7.56. The molecule has 1 aliphatic rings. The van der Waals surface area contributed by atoms with E-state index in [1.165, 1.54) is 18.9 Å². The van der Waals surface area contributed by atoms with Crippen molar-refractivity contribution in [2.75, 3.05) is 26.2 Å². The quantitative estimate of drug-likeness (QED) is 0.694. The van der Waals surface area contributed by atoms with Crippen LogP contribution in [0.3, 0.4) is 0 Å². The lowest BCUT2D eigenvalue weighted by Crippen LogP contribution is -2.34. The van der Waals surface area contributed by atoms with Gasteiger partial charge in [0.25, 0.3) is 5.91 Å². The van der Waals surface area contributed by atoms with Crippen LogP contribution in [0.15, 0.2) is 54.6 Å².